The molecule has 1 unspecified atom stereocenters. The van der Waals surface area contributed by atoms with Crippen LogP contribution in [0, 0.1) is 6.92 Å². The first kappa shape index (κ1) is 21.3. The Morgan fingerprint density at radius 3 is 2.47 bits per heavy atom. The van der Waals surface area contributed by atoms with E-state index < -0.39 is 12.0 Å². The van der Waals surface area contributed by atoms with Gasteiger partial charge in [0.15, 0.2) is 11.9 Å². The third-order valence-electron chi connectivity index (χ3n) is 4.40. The predicted molar refractivity (Wildman–Crippen MR) is 115 cm³/mol. The van der Waals surface area contributed by atoms with Gasteiger partial charge in [-0.05, 0) is 62.7 Å². The largest absolute Gasteiger partial charge is 0.463 e. The second-order valence-corrected chi connectivity index (χ2v) is 7.17. The van der Waals surface area contributed by atoms with E-state index in [1.165, 1.54) is 23.7 Å². The molecule has 0 bridgehead atoms. The summed E-state index contributed by atoms with van der Waals surface area (Å²) < 4.78 is 6.81. The summed E-state index contributed by atoms with van der Waals surface area (Å²) in [6.45, 7) is 4.88. The number of nitrogens with zero attached hydrogens (tertiary/aromatic N) is 2. The van der Waals surface area contributed by atoms with Crippen LogP contribution in [0.4, 0.5) is 5.69 Å². The van der Waals surface area contributed by atoms with Crippen molar-refractivity contribution in [3.8, 4) is 11.6 Å². The minimum Gasteiger partial charge on any atom is -0.463 e. The Balaban J connectivity index is 1.75. The van der Waals surface area contributed by atoms with E-state index >= 15 is 0 Å². The molecular formula is C22H20ClN3O4. The number of Topliss-reactive ketones (excluding diaryl/α,β-unsaturated/α-hetero) is 1. The third-order valence-corrected chi connectivity index (χ3v) is 4.64. The first-order valence-electron chi connectivity index (χ1n) is 9.20. The average molecular weight is 426 g/mol. The van der Waals surface area contributed by atoms with Gasteiger partial charge in [-0.3, -0.25) is 14.4 Å². The van der Waals surface area contributed by atoms with Crippen molar-refractivity contribution >= 4 is 29.0 Å². The zero-order chi connectivity index (χ0) is 21.8. The number of halogens is 1. The van der Waals surface area contributed by atoms with Crippen LogP contribution < -0.4 is 15.6 Å². The summed E-state index contributed by atoms with van der Waals surface area (Å²) in [5.74, 6) is -0.340. The minimum absolute atomic E-state index is 0.0549. The molecule has 1 aromatic heterocycles. The van der Waals surface area contributed by atoms with Gasteiger partial charge in [0, 0.05) is 28.4 Å². The SMILES string of the molecule is CC(=O)c1ccc(NC(=O)C(C)Oc2ccc(=O)n(-c3cc(Cl)ccc3C)n2)cc1. The van der Waals surface area contributed by atoms with Crippen molar-refractivity contribution in [1.82, 2.24) is 9.78 Å². The van der Waals surface area contributed by atoms with E-state index in [2.05, 4.69) is 10.4 Å². The average Bonchev–Trinajstić information content (AvgIpc) is 2.71. The standard InChI is InChI=1S/C22H20ClN3O4/c1-13-4-7-17(23)12-19(13)26-21(28)11-10-20(25-26)30-15(3)22(29)24-18-8-5-16(6-9-18)14(2)27/h4-12,15H,1-3H3,(H,24,29). The Morgan fingerprint density at radius 1 is 1.10 bits per heavy atom. The van der Waals surface area contributed by atoms with Crippen LogP contribution in [0.2, 0.25) is 5.02 Å². The van der Waals surface area contributed by atoms with Gasteiger partial charge in [-0.1, -0.05) is 17.7 Å². The van der Waals surface area contributed by atoms with E-state index in [9.17, 15) is 14.4 Å². The van der Waals surface area contributed by atoms with E-state index in [0.29, 0.717) is 22.0 Å². The monoisotopic (exact) mass is 425 g/mol. The lowest BCUT2D eigenvalue weighted by Crippen LogP contribution is -2.31. The van der Waals surface area contributed by atoms with Crippen LogP contribution in [0.25, 0.3) is 5.69 Å². The first-order chi connectivity index (χ1) is 14.2. The molecule has 7 nitrogen and oxygen atoms in total. The molecule has 0 fully saturated rings. The Bertz CT molecular complexity index is 1160. The van der Waals surface area contributed by atoms with Gasteiger partial charge in [0.2, 0.25) is 5.88 Å². The van der Waals surface area contributed by atoms with Gasteiger partial charge in [-0.25, -0.2) is 0 Å². The highest BCUT2D eigenvalue weighted by molar-refractivity contribution is 6.30. The quantitative estimate of drug-likeness (QED) is 0.606. The van der Waals surface area contributed by atoms with Crippen molar-refractivity contribution in [3.05, 3.63) is 81.1 Å². The fourth-order valence-electron chi connectivity index (χ4n) is 2.71. The number of carbonyl (C=O) groups excluding carboxylic acids is 2. The highest BCUT2D eigenvalue weighted by Gasteiger charge is 2.17. The maximum atomic E-state index is 12.4. The van der Waals surface area contributed by atoms with Gasteiger partial charge < -0.3 is 10.1 Å². The predicted octanol–water partition coefficient (Wildman–Crippen LogP) is 3.80. The van der Waals surface area contributed by atoms with Crippen LogP contribution in [0.5, 0.6) is 5.88 Å². The fraction of sp³-hybridized carbons (Fsp3) is 0.182. The third kappa shape index (κ3) is 4.93. The molecule has 8 heteroatoms. The lowest BCUT2D eigenvalue weighted by molar-refractivity contribution is -0.122. The lowest BCUT2D eigenvalue weighted by Gasteiger charge is -2.15. The summed E-state index contributed by atoms with van der Waals surface area (Å²) in [6, 6.07) is 14.4. The molecule has 3 rings (SSSR count). The van der Waals surface area contributed by atoms with Crippen LogP contribution >= 0.6 is 11.6 Å². The molecule has 154 valence electrons. The molecule has 1 amide bonds. The van der Waals surface area contributed by atoms with E-state index in [1.54, 1.807) is 49.4 Å². The van der Waals surface area contributed by atoms with Crippen LogP contribution in [0.15, 0.2) is 59.4 Å². The minimum atomic E-state index is -0.878. The normalized spacial score (nSPS) is 11.6. The number of aryl methyl sites for hydroxylation is 1. The molecular weight excluding hydrogens is 406 g/mol. The summed E-state index contributed by atoms with van der Waals surface area (Å²) >= 11 is 6.04. The van der Waals surface area contributed by atoms with E-state index in [4.69, 9.17) is 16.3 Å². The number of aromatic nitrogens is 2. The Morgan fingerprint density at radius 2 is 1.80 bits per heavy atom. The van der Waals surface area contributed by atoms with Gasteiger partial charge in [0.05, 0.1) is 5.69 Å². The van der Waals surface area contributed by atoms with Crippen LogP contribution in [-0.2, 0) is 4.79 Å². The maximum Gasteiger partial charge on any atom is 0.271 e. The fourth-order valence-corrected chi connectivity index (χ4v) is 2.87. The number of hydrogen-bond acceptors (Lipinski definition) is 5. The molecule has 0 aliphatic carbocycles. The number of rotatable bonds is 6. The van der Waals surface area contributed by atoms with Crippen molar-refractivity contribution in [2.45, 2.75) is 26.9 Å². The van der Waals surface area contributed by atoms with E-state index in [1.807, 2.05) is 6.92 Å². The zero-order valence-electron chi connectivity index (χ0n) is 16.7. The number of nitrogens with one attached hydrogen (secondary N) is 1. The molecule has 1 N–H and O–H groups in total. The number of ether oxygens (including phenoxy) is 1. The molecule has 1 heterocycles. The van der Waals surface area contributed by atoms with Gasteiger partial charge in [-0.2, -0.15) is 4.68 Å². The molecule has 0 saturated heterocycles. The number of ketones is 1. The molecule has 0 saturated carbocycles. The van der Waals surface area contributed by atoms with E-state index in [0.717, 1.165) is 5.56 Å². The van der Waals surface area contributed by atoms with Crippen molar-refractivity contribution in [2.24, 2.45) is 0 Å². The lowest BCUT2D eigenvalue weighted by atomic mass is 10.1. The molecule has 30 heavy (non-hydrogen) atoms. The molecule has 0 aliphatic rings. The molecule has 1 atom stereocenters. The number of carbonyl (C=O) groups is 2. The topological polar surface area (TPSA) is 90.3 Å². The molecule has 0 spiro atoms. The van der Waals surface area contributed by atoms with Gasteiger partial charge in [0.25, 0.3) is 11.5 Å². The second-order valence-electron chi connectivity index (χ2n) is 6.74. The number of benzene rings is 2. The summed E-state index contributed by atoms with van der Waals surface area (Å²) in [7, 11) is 0. The van der Waals surface area contributed by atoms with Crippen molar-refractivity contribution in [3.63, 3.8) is 0 Å². The molecule has 3 aromatic rings. The zero-order valence-corrected chi connectivity index (χ0v) is 17.4. The molecule has 0 radical (unpaired) electrons. The van der Waals surface area contributed by atoms with Crippen molar-refractivity contribution < 1.29 is 14.3 Å². The maximum absolute atomic E-state index is 12.4. The highest BCUT2D eigenvalue weighted by atomic mass is 35.5. The second kappa shape index (κ2) is 8.92. The van der Waals surface area contributed by atoms with Crippen molar-refractivity contribution in [1.29, 1.82) is 0 Å². The van der Waals surface area contributed by atoms with Gasteiger partial charge in [0.1, 0.15) is 0 Å². The summed E-state index contributed by atoms with van der Waals surface area (Å²) in [6.07, 6.45) is -0.878. The van der Waals surface area contributed by atoms with Gasteiger partial charge in [-0.15, -0.1) is 5.10 Å². The summed E-state index contributed by atoms with van der Waals surface area (Å²) in [4.78, 5) is 36.0. The first-order valence-corrected chi connectivity index (χ1v) is 9.58. The molecule has 2 aromatic carbocycles. The Kier molecular flexibility index (Phi) is 6.32. The summed E-state index contributed by atoms with van der Waals surface area (Å²) in [5.41, 5.74) is 2.08. The van der Waals surface area contributed by atoms with Crippen LogP contribution in [0.3, 0.4) is 0 Å². The Hall–Kier alpha value is -3.45. The summed E-state index contributed by atoms with van der Waals surface area (Å²) in [5, 5.41) is 7.40. The number of amides is 1. The van der Waals surface area contributed by atoms with Crippen LogP contribution in [-0.4, -0.2) is 27.6 Å². The van der Waals surface area contributed by atoms with E-state index in [-0.39, 0.29) is 17.2 Å². The highest BCUT2D eigenvalue weighted by Crippen LogP contribution is 2.19. The Labute approximate surface area is 178 Å². The van der Waals surface area contributed by atoms with Crippen molar-refractivity contribution in [2.75, 3.05) is 5.32 Å². The van der Waals surface area contributed by atoms with Crippen LogP contribution in [0.1, 0.15) is 29.8 Å². The van der Waals surface area contributed by atoms with Gasteiger partial charge >= 0.3 is 0 Å². The number of hydrogen-bond donors (Lipinski definition) is 1. The molecule has 0 aliphatic heterocycles. The number of anilines is 1. The smallest absolute Gasteiger partial charge is 0.271 e.